The maximum atomic E-state index is 5.83. The van der Waals surface area contributed by atoms with Crippen LogP contribution in [0.3, 0.4) is 0 Å². The van der Waals surface area contributed by atoms with E-state index < -0.39 is 0 Å². The highest BCUT2D eigenvalue weighted by atomic mass is 16.5. The number of anilines is 2. The minimum absolute atomic E-state index is 0.245. The van der Waals surface area contributed by atoms with E-state index in [9.17, 15) is 0 Å². The van der Waals surface area contributed by atoms with Crippen molar-refractivity contribution in [1.82, 2.24) is 9.97 Å². The fourth-order valence-corrected chi connectivity index (χ4v) is 2.13. The molecule has 5 heteroatoms. The number of benzene rings is 1. The lowest BCUT2D eigenvalue weighted by molar-refractivity contribution is 0.182. The zero-order chi connectivity index (χ0) is 13.7. The first-order chi connectivity index (χ1) is 9.24. The molecule has 1 unspecified atom stereocenters. The van der Waals surface area contributed by atoms with Gasteiger partial charge in [-0.1, -0.05) is 13.3 Å². The molecule has 2 rings (SSSR count). The molecule has 3 N–H and O–H groups in total. The lowest BCUT2D eigenvalue weighted by atomic mass is 10.1. The van der Waals surface area contributed by atoms with Gasteiger partial charge >= 0.3 is 0 Å². The van der Waals surface area contributed by atoms with E-state index in [0.29, 0.717) is 12.3 Å². The molecule has 0 aliphatic rings. The number of hydrogen-bond acceptors (Lipinski definition) is 5. The average Bonchev–Trinajstić information content (AvgIpc) is 2.40. The molecule has 0 saturated heterocycles. The summed E-state index contributed by atoms with van der Waals surface area (Å²) in [7, 11) is 1.71. The SMILES string of the molecule is CCCC(COC)Nc1ncnc2ccc(N)cc12. The van der Waals surface area contributed by atoms with Gasteiger partial charge in [0.05, 0.1) is 18.2 Å². The maximum absolute atomic E-state index is 5.83. The van der Waals surface area contributed by atoms with Crippen molar-refractivity contribution in [3.8, 4) is 0 Å². The normalized spacial score (nSPS) is 12.5. The van der Waals surface area contributed by atoms with Crippen LogP contribution in [-0.4, -0.2) is 29.7 Å². The molecule has 0 saturated carbocycles. The van der Waals surface area contributed by atoms with Crippen LogP contribution < -0.4 is 11.1 Å². The van der Waals surface area contributed by atoms with Gasteiger partial charge in [-0.3, -0.25) is 0 Å². The van der Waals surface area contributed by atoms with Crippen LogP contribution in [-0.2, 0) is 4.74 Å². The first-order valence-corrected chi connectivity index (χ1v) is 6.50. The number of nitrogens with zero attached hydrogens (tertiary/aromatic N) is 2. The lowest BCUT2D eigenvalue weighted by Gasteiger charge is -2.18. The van der Waals surface area contributed by atoms with Crippen molar-refractivity contribution >= 4 is 22.4 Å². The quantitative estimate of drug-likeness (QED) is 0.780. The number of fused-ring (bicyclic) bond motifs is 1. The fourth-order valence-electron chi connectivity index (χ4n) is 2.13. The van der Waals surface area contributed by atoms with E-state index in [1.807, 2.05) is 18.2 Å². The molecule has 0 fully saturated rings. The van der Waals surface area contributed by atoms with Crippen LogP contribution in [0.2, 0.25) is 0 Å². The summed E-state index contributed by atoms with van der Waals surface area (Å²) in [5, 5.41) is 4.36. The van der Waals surface area contributed by atoms with Crippen LogP contribution in [0.25, 0.3) is 10.9 Å². The predicted molar refractivity (Wildman–Crippen MR) is 78.1 cm³/mol. The first-order valence-electron chi connectivity index (χ1n) is 6.50. The van der Waals surface area contributed by atoms with Crippen molar-refractivity contribution in [2.24, 2.45) is 0 Å². The Balaban J connectivity index is 2.30. The van der Waals surface area contributed by atoms with Gasteiger partial charge in [0.2, 0.25) is 0 Å². The van der Waals surface area contributed by atoms with Crippen LogP contribution in [0, 0.1) is 0 Å². The van der Waals surface area contributed by atoms with Crippen LogP contribution in [0.4, 0.5) is 11.5 Å². The molecular formula is C14H20N4O. The third-order valence-corrected chi connectivity index (χ3v) is 3.01. The van der Waals surface area contributed by atoms with Crippen molar-refractivity contribution in [3.05, 3.63) is 24.5 Å². The van der Waals surface area contributed by atoms with Gasteiger partial charge in [-0.2, -0.15) is 0 Å². The van der Waals surface area contributed by atoms with Crippen molar-refractivity contribution in [2.45, 2.75) is 25.8 Å². The number of ether oxygens (including phenoxy) is 1. The Bertz CT molecular complexity index is 538. The van der Waals surface area contributed by atoms with Gasteiger partial charge in [0.1, 0.15) is 12.1 Å². The summed E-state index contributed by atoms with van der Waals surface area (Å²) in [6.45, 7) is 2.81. The molecule has 1 aromatic carbocycles. The van der Waals surface area contributed by atoms with Gasteiger partial charge in [0, 0.05) is 18.2 Å². The highest BCUT2D eigenvalue weighted by Crippen LogP contribution is 2.22. The van der Waals surface area contributed by atoms with Crippen molar-refractivity contribution in [3.63, 3.8) is 0 Å². The number of nitrogens with two attached hydrogens (primary N) is 1. The van der Waals surface area contributed by atoms with Crippen LogP contribution in [0.15, 0.2) is 24.5 Å². The monoisotopic (exact) mass is 260 g/mol. The predicted octanol–water partition coefficient (Wildman–Crippen LogP) is 2.44. The maximum Gasteiger partial charge on any atom is 0.137 e. The summed E-state index contributed by atoms with van der Waals surface area (Å²) in [6.07, 6.45) is 3.69. The van der Waals surface area contributed by atoms with Crippen molar-refractivity contribution < 1.29 is 4.74 Å². The zero-order valence-corrected chi connectivity index (χ0v) is 11.4. The topological polar surface area (TPSA) is 73.1 Å². The summed E-state index contributed by atoms with van der Waals surface area (Å²) in [6, 6.07) is 5.89. The van der Waals surface area contributed by atoms with Gasteiger partial charge in [0.15, 0.2) is 0 Å². The molecule has 0 amide bonds. The molecular weight excluding hydrogens is 240 g/mol. The van der Waals surface area contributed by atoms with Crippen LogP contribution in [0.1, 0.15) is 19.8 Å². The van der Waals surface area contributed by atoms with Gasteiger partial charge in [-0.25, -0.2) is 9.97 Å². The molecule has 2 aromatic rings. The molecule has 102 valence electrons. The summed E-state index contributed by atoms with van der Waals surface area (Å²) in [5.41, 5.74) is 7.43. The van der Waals surface area contributed by atoms with Crippen molar-refractivity contribution in [1.29, 1.82) is 0 Å². The van der Waals surface area contributed by atoms with Gasteiger partial charge < -0.3 is 15.8 Å². The molecule has 0 radical (unpaired) electrons. The second kappa shape index (κ2) is 6.33. The van der Waals surface area contributed by atoms with Crippen LogP contribution in [0.5, 0.6) is 0 Å². The molecule has 0 bridgehead atoms. The van der Waals surface area contributed by atoms with Gasteiger partial charge in [0.25, 0.3) is 0 Å². The number of nitrogens with one attached hydrogen (secondary N) is 1. The fraction of sp³-hybridized carbons (Fsp3) is 0.429. The third-order valence-electron chi connectivity index (χ3n) is 3.01. The smallest absolute Gasteiger partial charge is 0.137 e. The number of hydrogen-bond donors (Lipinski definition) is 2. The third kappa shape index (κ3) is 3.32. The van der Waals surface area contributed by atoms with E-state index in [1.54, 1.807) is 13.4 Å². The summed E-state index contributed by atoms with van der Waals surface area (Å²) in [5.74, 6) is 0.813. The van der Waals surface area contributed by atoms with E-state index in [-0.39, 0.29) is 6.04 Å². The second-order valence-electron chi connectivity index (χ2n) is 4.58. The number of nitrogen functional groups attached to an aromatic ring is 1. The molecule has 5 nitrogen and oxygen atoms in total. The Hall–Kier alpha value is -1.88. The molecule has 19 heavy (non-hydrogen) atoms. The Morgan fingerprint density at radius 2 is 2.21 bits per heavy atom. The number of methoxy groups -OCH3 is 1. The van der Waals surface area contributed by atoms with E-state index in [0.717, 1.165) is 29.6 Å². The lowest BCUT2D eigenvalue weighted by Crippen LogP contribution is -2.25. The second-order valence-corrected chi connectivity index (χ2v) is 4.58. The highest BCUT2D eigenvalue weighted by Gasteiger charge is 2.10. The first kappa shape index (κ1) is 13.5. The molecule has 0 aliphatic carbocycles. The summed E-state index contributed by atoms with van der Waals surface area (Å²) >= 11 is 0. The van der Waals surface area contributed by atoms with Crippen molar-refractivity contribution in [2.75, 3.05) is 24.8 Å². The van der Waals surface area contributed by atoms with Gasteiger partial charge in [-0.15, -0.1) is 0 Å². The molecule has 1 heterocycles. The number of rotatable bonds is 6. The largest absolute Gasteiger partial charge is 0.399 e. The van der Waals surface area contributed by atoms with Gasteiger partial charge in [-0.05, 0) is 24.6 Å². The summed E-state index contributed by atoms with van der Waals surface area (Å²) < 4.78 is 5.23. The molecule has 1 atom stereocenters. The van der Waals surface area contributed by atoms with Crippen LogP contribution >= 0.6 is 0 Å². The Kier molecular flexibility index (Phi) is 4.52. The minimum atomic E-state index is 0.245. The zero-order valence-electron chi connectivity index (χ0n) is 11.4. The Morgan fingerprint density at radius 1 is 1.37 bits per heavy atom. The Labute approximate surface area is 113 Å². The summed E-state index contributed by atoms with van der Waals surface area (Å²) in [4.78, 5) is 8.56. The van der Waals surface area contributed by atoms with E-state index in [4.69, 9.17) is 10.5 Å². The molecule has 0 aliphatic heterocycles. The minimum Gasteiger partial charge on any atom is -0.399 e. The molecule has 0 spiro atoms. The standard InChI is InChI=1S/C14H20N4O/c1-3-4-11(8-19-2)18-14-12-7-10(15)5-6-13(12)16-9-17-14/h5-7,9,11H,3-4,8,15H2,1-2H3,(H,16,17,18). The van der Waals surface area contributed by atoms with E-state index in [1.165, 1.54) is 0 Å². The average molecular weight is 260 g/mol. The van der Waals surface area contributed by atoms with E-state index in [2.05, 4.69) is 22.2 Å². The highest BCUT2D eigenvalue weighted by molar-refractivity contribution is 5.91. The number of aromatic nitrogens is 2. The van der Waals surface area contributed by atoms with E-state index >= 15 is 0 Å². The molecule has 1 aromatic heterocycles. The Morgan fingerprint density at radius 3 is 2.95 bits per heavy atom.